The summed E-state index contributed by atoms with van der Waals surface area (Å²) in [7, 11) is 1.25. The molecule has 2 atom stereocenters. The highest BCUT2D eigenvalue weighted by Crippen LogP contribution is 2.37. The molecule has 0 saturated carbocycles. The molecule has 3 rings (SSSR count). The molecule has 2 aromatic rings. The Hall–Kier alpha value is -2.87. The Bertz CT molecular complexity index is 851. The fourth-order valence-corrected chi connectivity index (χ4v) is 3.89. The highest BCUT2D eigenvalue weighted by Gasteiger charge is 2.35. The molecule has 2 N–H and O–H groups in total. The number of esters is 1. The van der Waals surface area contributed by atoms with E-state index in [1.807, 2.05) is 0 Å². The van der Waals surface area contributed by atoms with Crippen molar-refractivity contribution in [3.8, 4) is 11.3 Å². The Labute approximate surface area is 153 Å². The minimum atomic E-state index is -1.01. The molecule has 8 heteroatoms. The molecule has 0 radical (unpaired) electrons. The van der Waals surface area contributed by atoms with E-state index in [1.54, 1.807) is 29.7 Å². The molecular weight excluding hydrogens is 358 g/mol. The minimum Gasteiger partial charge on any atom is -0.481 e. The van der Waals surface area contributed by atoms with Crippen molar-refractivity contribution in [2.24, 2.45) is 11.8 Å². The SMILES string of the molecule is COC(=O)c1c(-c2ccco2)csc1NC(=O)[C@@H]1CC=CC[C@@H]1C(=O)O. The van der Waals surface area contributed by atoms with Crippen LogP contribution in [-0.4, -0.2) is 30.1 Å². The Morgan fingerprint density at radius 1 is 1.27 bits per heavy atom. The van der Waals surface area contributed by atoms with E-state index in [0.29, 0.717) is 29.2 Å². The minimum absolute atomic E-state index is 0.194. The molecule has 1 aliphatic rings. The number of furan rings is 1. The lowest BCUT2D eigenvalue weighted by molar-refractivity contribution is -0.146. The van der Waals surface area contributed by atoms with E-state index in [4.69, 9.17) is 9.15 Å². The van der Waals surface area contributed by atoms with Crippen LogP contribution in [0.4, 0.5) is 5.00 Å². The molecule has 26 heavy (non-hydrogen) atoms. The summed E-state index contributed by atoms with van der Waals surface area (Å²) in [6.45, 7) is 0. The largest absolute Gasteiger partial charge is 0.481 e. The number of hydrogen-bond donors (Lipinski definition) is 2. The van der Waals surface area contributed by atoms with Crippen LogP contribution in [0.5, 0.6) is 0 Å². The summed E-state index contributed by atoms with van der Waals surface area (Å²) < 4.78 is 10.2. The van der Waals surface area contributed by atoms with Gasteiger partial charge in [-0.3, -0.25) is 9.59 Å². The van der Waals surface area contributed by atoms with E-state index in [9.17, 15) is 19.5 Å². The van der Waals surface area contributed by atoms with Crippen molar-refractivity contribution in [3.63, 3.8) is 0 Å². The number of carbonyl (C=O) groups is 3. The van der Waals surface area contributed by atoms with Gasteiger partial charge in [-0.2, -0.15) is 0 Å². The second-order valence-electron chi connectivity index (χ2n) is 5.81. The van der Waals surface area contributed by atoms with Gasteiger partial charge in [-0.05, 0) is 25.0 Å². The van der Waals surface area contributed by atoms with Gasteiger partial charge in [0.1, 0.15) is 16.3 Å². The molecule has 136 valence electrons. The van der Waals surface area contributed by atoms with E-state index >= 15 is 0 Å². The van der Waals surface area contributed by atoms with Gasteiger partial charge in [0, 0.05) is 10.9 Å². The predicted octanol–water partition coefficient (Wildman–Crippen LogP) is 3.40. The third kappa shape index (κ3) is 3.41. The second kappa shape index (κ2) is 7.57. The maximum Gasteiger partial charge on any atom is 0.341 e. The topological polar surface area (TPSA) is 106 Å². The number of amides is 1. The summed E-state index contributed by atoms with van der Waals surface area (Å²) >= 11 is 1.16. The fourth-order valence-electron chi connectivity index (χ4n) is 2.95. The first-order chi connectivity index (χ1) is 12.5. The predicted molar refractivity (Wildman–Crippen MR) is 95.0 cm³/mol. The molecule has 1 amide bonds. The highest BCUT2D eigenvalue weighted by molar-refractivity contribution is 7.15. The smallest absolute Gasteiger partial charge is 0.341 e. The number of hydrogen-bond acceptors (Lipinski definition) is 6. The average molecular weight is 375 g/mol. The summed E-state index contributed by atoms with van der Waals surface area (Å²) in [5.74, 6) is -3.05. The molecule has 1 aliphatic carbocycles. The van der Waals surface area contributed by atoms with Crippen molar-refractivity contribution in [2.45, 2.75) is 12.8 Å². The van der Waals surface area contributed by atoms with E-state index in [1.165, 1.54) is 13.4 Å². The lowest BCUT2D eigenvalue weighted by Crippen LogP contribution is -2.34. The van der Waals surface area contributed by atoms with Crippen LogP contribution in [0.1, 0.15) is 23.2 Å². The van der Waals surface area contributed by atoms with Crippen LogP contribution in [0.3, 0.4) is 0 Å². The first kappa shape index (κ1) is 17.9. The zero-order valence-electron chi connectivity index (χ0n) is 13.9. The summed E-state index contributed by atoms with van der Waals surface area (Å²) in [6.07, 6.45) is 5.69. The number of methoxy groups -OCH3 is 1. The molecule has 0 aliphatic heterocycles. The van der Waals surface area contributed by atoms with Crippen molar-refractivity contribution in [1.82, 2.24) is 0 Å². The Morgan fingerprint density at radius 3 is 2.62 bits per heavy atom. The van der Waals surface area contributed by atoms with Gasteiger partial charge in [0.15, 0.2) is 0 Å². The van der Waals surface area contributed by atoms with Crippen LogP contribution < -0.4 is 5.32 Å². The normalized spacial score (nSPS) is 19.1. The molecule has 7 nitrogen and oxygen atoms in total. The van der Waals surface area contributed by atoms with Crippen molar-refractivity contribution in [1.29, 1.82) is 0 Å². The van der Waals surface area contributed by atoms with E-state index in [-0.39, 0.29) is 5.56 Å². The lowest BCUT2D eigenvalue weighted by atomic mass is 9.82. The third-order valence-electron chi connectivity index (χ3n) is 4.29. The van der Waals surface area contributed by atoms with Gasteiger partial charge in [-0.1, -0.05) is 12.2 Å². The zero-order valence-corrected chi connectivity index (χ0v) is 14.7. The van der Waals surface area contributed by atoms with Gasteiger partial charge in [0.2, 0.25) is 5.91 Å². The Kier molecular flexibility index (Phi) is 5.22. The number of anilines is 1. The fraction of sp³-hybridized carbons (Fsp3) is 0.278. The zero-order chi connectivity index (χ0) is 18.7. The molecule has 2 aromatic heterocycles. The van der Waals surface area contributed by atoms with E-state index in [2.05, 4.69) is 5.32 Å². The van der Waals surface area contributed by atoms with Crippen LogP contribution in [0.25, 0.3) is 11.3 Å². The molecule has 0 saturated heterocycles. The van der Waals surface area contributed by atoms with Gasteiger partial charge in [0.05, 0.1) is 25.2 Å². The first-order valence-electron chi connectivity index (χ1n) is 7.95. The van der Waals surface area contributed by atoms with Crippen molar-refractivity contribution >= 4 is 34.2 Å². The van der Waals surface area contributed by atoms with Crippen molar-refractivity contribution < 1.29 is 28.6 Å². The summed E-state index contributed by atoms with van der Waals surface area (Å²) in [5.41, 5.74) is 0.708. The number of allylic oxidation sites excluding steroid dienone is 2. The van der Waals surface area contributed by atoms with Crippen LogP contribution in [-0.2, 0) is 14.3 Å². The number of carboxylic acid groups (broad SMARTS) is 1. The molecule has 0 fully saturated rings. The number of nitrogens with one attached hydrogen (secondary N) is 1. The number of aliphatic carboxylic acids is 1. The van der Waals surface area contributed by atoms with Gasteiger partial charge >= 0.3 is 11.9 Å². The molecule has 0 spiro atoms. The van der Waals surface area contributed by atoms with Crippen LogP contribution in [0.15, 0.2) is 40.3 Å². The summed E-state index contributed by atoms with van der Waals surface area (Å²) in [5, 5.41) is 14.0. The molecular formula is C18H17NO6S. The number of ether oxygens (including phenoxy) is 1. The number of carbonyl (C=O) groups excluding carboxylic acids is 2. The lowest BCUT2D eigenvalue weighted by Gasteiger charge is -2.24. The van der Waals surface area contributed by atoms with Gasteiger partial charge < -0.3 is 19.6 Å². The average Bonchev–Trinajstić information content (AvgIpc) is 3.30. The van der Waals surface area contributed by atoms with E-state index < -0.39 is 29.7 Å². The van der Waals surface area contributed by atoms with Crippen LogP contribution in [0.2, 0.25) is 0 Å². The first-order valence-corrected chi connectivity index (χ1v) is 8.83. The molecule has 0 bridgehead atoms. The number of rotatable bonds is 5. The van der Waals surface area contributed by atoms with Gasteiger partial charge in [-0.25, -0.2) is 4.79 Å². The van der Waals surface area contributed by atoms with E-state index in [0.717, 1.165) is 11.3 Å². The second-order valence-corrected chi connectivity index (χ2v) is 6.69. The van der Waals surface area contributed by atoms with Crippen molar-refractivity contribution in [3.05, 3.63) is 41.5 Å². The van der Waals surface area contributed by atoms with Gasteiger partial charge in [-0.15, -0.1) is 11.3 Å². The van der Waals surface area contributed by atoms with Crippen LogP contribution >= 0.6 is 11.3 Å². The van der Waals surface area contributed by atoms with Crippen molar-refractivity contribution in [2.75, 3.05) is 12.4 Å². The number of carboxylic acids is 1. The monoisotopic (exact) mass is 375 g/mol. The molecule has 2 heterocycles. The quantitative estimate of drug-likeness (QED) is 0.613. The maximum absolute atomic E-state index is 12.7. The summed E-state index contributed by atoms with van der Waals surface area (Å²) in [6, 6.07) is 3.39. The third-order valence-corrected chi connectivity index (χ3v) is 5.19. The standard InChI is InChI=1S/C18H17NO6S/c1-24-18(23)14-12(13-7-4-8-25-13)9-26-16(14)19-15(20)10-5-2-3-6-11(10)17(21)22/h2-4,7-11H,5-6H2,1H3,(H,19,20)(H,21,22)/t10-,11+/m1/s1. The Morgan fingerprint density at radius 2 is 2.00 bits per heavy atom. The van der Waals surface area contributed by atoms with Gasteiger partial charge in [0.25, 0.3) is 0 Å². The Balaban J connectivity index is 1.90. The molecule has 0 aromatic carbocycles. The maximum atomic E-state index is 12.7. The molecule has 0 unspecified atom stereocenters. The number of thiophene rings is 1. The highest BCUT2D eigenvalue weighted by atomic mass is 32.1. The summed E-state index contributed by atoms with van der Waals surface area (Å²) in [4.78, 5) is 36.3. The van der Waals surface area contributed by atoms with Crippen LogP contribution in [0, 0.1) is 11.8 Å².